The van der Waals surface area contributed by atoms with Gasteiger partial charge in [0.2, 0.25) is 0 Å². The molecule has 0 radical (unpaired) electrons. The van der Waals surface area contributed by atoms with Gasteiger partial charge in [-0.3, -0.25) is 9.59 Å². The van der Waals surface area contributed by atoms with Crippen LogP contribution in [0, 0.1) is 12.7 Å². The van der Waals surface area contributed by atoms with E-state index in [2.05, 4.69) is 10.6 Å². The molecule has 1 aliphatic carbocycles. The molecule has 0 saturated heterocycles. The molecular formula is C23H25FN2O2. The van der Waals surface area contributed by atoms with E-state index in [9.17, 15) is 14.0 Å². The molecule has 0 aromatic heterocycles. The summed E-state index contributed by atoms with van der Waals surface area (Å²) in [5.41, 5.74) is 1.77. The monoisotopic (exact) mass is 380 g/mol. The molecule has 28 heavy (non-hydrogen) atoms. The topological polar surface area (TPSA) is 58.2 Å². The van der Waals surface area contributed by atoms with Crippen LogP contribution in [0.4, 0.5) is 4.39 Å². The molecule has 0 spiro atoms. The first-order chi connectivity index (χ1) is 13.5. The van der Waals surface area contributed by atoms with E-state index in [1.807, 2.05) is 19.1 Å². The van der Waals surface area contributed by atoms with Gasteiger partial charge in [-0.05, 0) is 44.0 Å². The van der Waals surface area contributed by atoms with Crippen LogP contribution < -0.4 is 10.6 Å². The van der Waals surface area contributed by atoms with E-state index in [0.717, 1.165) is 31.2 Å². The standard InChI is InChI=1S/C23H25FN2O2/c1-16-11-13-17(14-12-16)22(27)26-21(15-18-7-5-6-10-20(18)24)23(28)25-19-8-3-2-4-9-19/h5-7,10-15,19H,2-4,8-9H2,1H3,(H,25,28)(H,26,27)/b21-15+. The number of carbonyl (C=O) groups excluding carboxylic acids is 2. The fourth-order valence-electron chi connectivity index (χ4n) is 3.32. The Morgan fingerprint density at radius 3 is 2.36 bits per heavy atom. The molecule has 3 rings (SSSR count). The second-order valence-corrected chi connectivity index (χ2v) is 7.21. The van der Waals surface area contributed by atoms with Gasteiger partial charge in [-0.25, -0.2) is 4.39 Å². The summed E-state index contributed by atoms with van der Waals surface area (Å²) < 4.78 is 14.1. The first kappa shape index (κ1) is 19.8. The average Bonchev–Trinajstić information content (AvgIpc) is 2.70. The molecule has 0 heterocycles. The number of carbonyl (C=O) groups is 2. The molecule has 1 saturated carbocycles. The van der Waals surface area contributed by atoms with E-state index in [4.69, 9.17) is 0 Å². The Morgan fingerprint density at radius 1 is 1.00 bits per heavy atom. The Bertz CT molecular complexity index is 868. The molecule has 2 amide bonds. The zero-order valence-corrected chi connectivity index (χ0v) is 16.0. The summed E-state index contributed by atoms with van der Waals surface area (Å²) in [6.07, 6.45) is 6.56. The minimum absolute atomic E-state index is 0.0428. The van der Waals surface area contributed by atoms with Crippen molar-refractivity contribution in [1.29, 1.82) is 0 Å². The van der Waals surface area contributed by atoms with E-state index in [1.165, 1.54) is 18.6 Å². The summed E-state index contributed by atoms with van der Waals surface area (Å²) in [6.45, 7) is 1.93. The molecule has 0 bridgehead atoms. The van der Waals surface area contributed by atoms with E-state index in [0.29, 0.717) is 5.56 Å². The van der Waals surface area contributed by atoms with Gasteiger partial charge in [0.25, 0.3) is 11.8 Å². The molecule has 1 aliphatic rings. The van der Waals surface area contributed by atoms with Crippen LogP contribution in [-0.4, -0.2) is 17.9 Å². The maximum atomic E-state index is 14.1. The van der Waals surface area contributed by atoms with Gasteiger partial charge in [0, 0.05) is 17.2 Å². The van der Waals surface area contributed by atoms with Gasteiger partial charge in [-0.2, -0.15) is 0 Å². The largest absolute Gasteiger partial charge is 0.348 e. The smallest absolute Gasteiger partial charge is 0.268 e. The minimum atomic E-state index is -0.449. The summed E-state index contributed by atoms with van der Waals surface area (Å²) >= 11 is 0. The molecule has 0 unspecified atom stereocenters. The van der Waals surface area contributed by atoms with Gasteiger partial charge in [0.1, 0.15) is 11.5 Å². The quantitative estimate of drug-likeness (QED) is 0.758. The number of aryl methyl sites for hydroxylation is 1. The fourth-order valence-corrected chi connectivity index (χ4v) is 3.32. The van der Waals surface area contributed by atoms with Gasteiger partial charge in [-0.15, -0.1) is 0 Å². The lowest BCUT2D eigenvalue weighted by Gasteiger charge is -2.23. The zero-order chi connectivity index (χ0) is 19.9. The summed E-state index contributed by atoms with van der Waals surface area (Å²) in [5.74, 6) is -1.24. The Hall–Kier alpha value is -2.95. The molecule has 2 aromatic carbocycles. The van der Waals surface area contributed by atoms with Gasteiger partial charge in [-0.1, -0.05) is 55.2 Å². The SMILES string of the molecule is Cc1ccc(C(=O)N/C(=C/c2ccccc2F)C(=O)NC2CCCCC2)cc1. The van der Waals surface area contributed by atoms with E-state index in [1.54, 1.807) is 30.3 Å². The molecule has 2 N–H and O–H groups in total. The highest BCUT2D eigenvalue weighted by molar-refractivity contribution is 6.05. The maximum absolute atomic E-state index is 14.1. The Kier molecular flexibility index (Phi) is 6.58. The molecule has 0 atom stereocenters. The molecule has 0 aliphatic heterocycles. The second-order valence-electron chi connectivity index (χ2n) is 7.21. The third-order valence-electron chi connectivity index (χ3n) is 4.95. The van der Waals surface area contributed by atoms with Crippen molar-refractivity contribution in [2.24, 2.45) is 0 Å². The van der Waals surface area contributed by atoms with Crippen molar-refractivity contribution in [3.05, 3.63) is 76.7 Å². The predicted molar refractivity (Wildman–Crippen MR) is 108 cm³/mol. The molecule has 146 valence electrons. The predicted octanol–water partition coefficient (Wildman–Crippen LogP) is 4.35. The van der Waals surface area contributed by atoms with Crippen LogP contribution >= 0.6 is 0 Å². The van der Waals surface area contributed by atoms with Crippen LogP contribution in [0.25, 0.3) is 6.08 Å². The lowest BCUT2D eigenvalue weighted by molar-refractivity contribution is -0.118. The molecule has 2 aromatic rings. The summed E-state index contributed by atoms with van der Waals surface area (Å²) in [6, 6.07) is 13.3. The van der Waals surface area contributed by atoms with E-state index in [-0.39, 0.29) is 17.3 Å². The normalized spacial score (nSPS) is 15.1. The van der Waals surface area contributed by atoms with Crippen LogP contribution in [0.1, 0.15) is 53.6 Å². The third-order valence-corrected chi connectivity index (χ3v) is 4.95. The van der Waals surface area contributed by atoms with E-state index < -0.39 is 17.6 Å². The van der Waals surface area contributed by atoms with Crippen LogP contribution in [-0.2, 0) is 4.79 Å². The summed E-state index contributed by atoms with van der Waals surface area (Å²) in [5, 5.41) is 5.64. The maximum Gasteiger partial charge on any atom is 0.268 e. The van der Waals surface area contributed by atoms with Crippen LogP contribution in [0.2, 0.25) is 0 Å². The van der Waals surface area contributed by atoms with E-state index >= 15 is 0 Å². The first-order valence-corrected chi connectivity index (χ1v) is 9.68. The fraction of sp³-hybridized carbons (Fsp3) is 0.304. The highest BCUT2D eigenvalue weighted by Gasteiger charge is 2.20. The molecular weight excluding hydrogens is 355 g/mol. The Morgan fingerprint density at radius 2 is 1.68 bits per heavy atom. The molecule has 5 heteroatoms. The van der Waals surface area contributed by atoms with Gasteiger partial charge >= 0.3 is 0 Å². The zero-order valence-electron chi connectivity index (χ0n) is 16.0. The van der Waals surface area contributed by atoms with Crippen molar-refractivity contribution in [2.45, 2.75) is 45.1 Å². The molecule has 1 fully saturated rings. The highest BCUT2D eigenvalue weighted by Crippen LogP contribution is 2.18. The lowest BCUT2D eigenvalue weighted by Crippen LogP contribution is -2.41. The highest BCUT2D eigenvalue weighted by atomic mass is 19.1. The van der Waals surface area contributed by atoms with Crippen molar-refractivity contribution in [1.82, 2.24) is 10.6 Å². The van der Waals surface area contributed by atoms with Crippen molar-refractivity contribution in [3.8, 4) is 0 Å². The van der Waals surface area contributed by atoms with Gasteiger partial charge in [0.05, 0.1) is 0 Å². The number of benzene rings is 2. The Labute approximate surface area is 164 Å². The number of nitrogens with one attached hydrogen (secondary N) is 2. The third kappa shape index (κ3) is 5.28. The average molecular weight is 380 g/mol. The number of hydrogen-bond donors (Lipinski definition) is 2. The Balaban J connectivity index is 1.83. The second kappa shape index (κ2) is 9.31. The summed E-state index contributed by atoms with van der Waals surface area (Å²) in [7, 11) is 0. The van der Waals surface area contributed by atoms with Crippen LogP contribution in [0.15, 0.2) is 54.2 Å². The number of hydrogen-bond acceptors (Lipinski definition) is 2. The minimum Gasteiger partial charge on any atom is -0.348 e. The number of halogens is 1. The van der Waals surface area contributed by atoms with Crippen LogP contribution in [0.3, 0.4) is 0 Å². The van der Waals surface area contributed by atoms with Crippen molar-refractivity contribution < 1.29 is 14.0 Å². The van der Waals surface area contributed by atoms with Crippen LogP contribution in [0.5, 0.6) is 0 Å². The first-order valence-electron chi connectivity index (χ1n) is 9.68. The number of amides is 2. The van der Waals surface area contributed by atoms with Gasteiger partial charge < -0.3 is 10.6 Å². The number of rotatable bonds is 5. The van der Waals surface area contributed by atoms with Crippen molar-refractivity contribution >= 4 is 17.9 Å². The van der Waals surface area contributed by atoms with Crippen molar-refractivity contribution in [3.63, 3.8) is 0 Å². The summed E-state index contributed by atoms with van der Waals surface area (Å²) in [4.78, 5) is 25.4. The molecule has 4 nitrogen and oxygen atoms in total. The van der Waals surface area contributed by atoms with Gasteiger partial charge in [0.15, 0.2) is 0 Å². The lowest BCUT2D eigenvalue weighted by atomic mass is 9.95. The van der Waals surface area contributed by atoms with Crippen molar-refractivity contribution in [2.75, 3.05) is 0 Å².